The maximum atomic E-state index is 15.1. The lowest BCUT2D eigenvalue weighted by molar-refractivity contribution is 0.0695. The molecule has 1 aliphatic heterocycles. The molecule has 1 aliphatic carbocycles. The van der Waals surface area contributed by atoms with Crippen molar-refractivity contribution in [1.82, 2.24) is 9.47 Å². The number of aromatic carboxylic acids is 1. The molecule has 2 aliphatic rings. The summed E-state index contributed by atoms with van der Waals surface area (Å²) in [4.78, 5) is 28.7. The first-order valence-corrected chi connectivity index (χ1v) is 12.4. The number of pyridine rings is 1. The van der Waals surface area contributed by atoms with Crippen LogP contribution >= 0.6 is 0 Å². The summed E-state index contributed by atoms with van der Waals surface area (Å²) in [5.41, 5.74) is 0.648. The highest BCUT2D eigenvalue weighted by molar-refractivity contribution is 5.93. The molecule has 0 spiro atoms. The van der Waals surface area contributed by atoms with E-state index in [1.807, 2.05) is 4.57 Å². The van der Waals surface area contributed by atoms with E-state index in [2.05, 4.69) is 30.6 Å². The van der Waals surface area contributed by atoms with Crippen molar-refractivity contribution in [2.45, 2.75) is 65.3 Å². The maximum Gasteiger partial charge on any atom is 0.341 e. The lowest BCUT2D eigenvalue weighted by Crippen LogP contribution is -2.47. The lowest BCUT2D eigenvalue weighted by atomic mass is 9.80. The van der Waals surface area contributed by atoms with Crippen LogP contribution in [0.1, 0.15) is 75.7 Å². The van der Waals surface area contributed by atoms with Crippen molar-refractivity contribution in [3.63, 3.8) is 0 Å². The molecule has 2 aromatic rings. The Bertz CT molecular complexity index is 1080. The Morgan fingerprint density at radius 3 is 2.39 bits per heavy atom. The van der Waals surface area contributed by atoms with Gasteiger partial charge in [0.2, 0.25) is 5.43 Å². The number of anilines is 1. The number of hydrogen-bond acceptors (Lipinski definition) is 4. The molecule has 1 N–H and O–H groups in total. The van der Waals surface area contributed by atoms with Gasteiger partial charge >= 0.3 is 5.97 Å². The van der Waals surface area contributed by atoms with Crippen LogP contribution in [0.4, 0.5) is 10.1 Å². The van der Waals surface area contributed by atoms with Gasteiger partial charge in [0.15, 0.2) is 0 Å². The molecule has 7 heteroatoms. The molecule has 2 heterocycles. The van der Waals surface area contributed by atoms with Crippen LogP contribution in [0.15, 0.2) is 23.1 Å². The fourth-order valence-electron chi connectivity index (χ4n) is 4.95. The predicted molar refractivity (Wildman–Crippen MR) is 130 cm³/mol. The molecule has 0 radical (unpaired) electrons. The summed E-state index contributed by atoms with van der Waals surface area (Å²) in [5.74, 6) is -1.73. The van der Waals surface area contributed by atoms with Crippen LogP contribution in [0.2, 0.25) is 0 Å². The van der Waals surface area contributed by atoms with Crippen molar-refractivity contribution >= 4 is 22.6 Å². The molecule has 33 heavy (non-hydrogen) atoms. The summed E-state index contributed by atoms with van der Waals surface area (Å²) in [5, 5.41) is 9.57. The first kappa shape index (κ1) is 23.7. The molecule has 0 bridgehead atoms. The van der Waals surface area contributed by atoms with Gasteiger partial charge in [-0.15, -0.1) is 0 Å². The van der Waals surface area contributed by atoms with Crippen molar-refractivity contribution in [3.05, 3.63) is 39.9 Å². The van der Waals surface area contributed by atoms with Gasteiger partial charge in [-0.1, -0.05) is 33.6 Å². The molecule has 0 atom stereocenters. The zero-order valence-electron chi connectivity index (χ0n) is 20.1. The second kappa shape index (κ2) is 9.45. The quantitative estimate of drug-likeness (QED) is 0.580. The number of carboxylic acid groups (broad SMARTS) is 1. The van der Waals surface area contributed by atoms with E-state index in [1.165, 1.54) is 37.9 Å². The topological polar surface area (TPSA) is 65.8 Å². The number of fused-ring (bicyclic) bond motifs is 1. The molecule has 2 fully saturated rings. The minimum Gasteiger partial charge on any atom is -0.477 e. The summed E-state index contributed by atoms with van der Waals surface area (Å²) in [7, 11) is 0. The standard InChI is InChI=1S/C26H36FN3O3/c1-4-26(3,5-2)9-6-10-28-11-13-29(14-12-28)23-16-22-19(15-21(23)27)24(31)20(25(32)33)17-30(22)18-7-8-18/h15-18H,4-14H2,1-3H3,(H,32,33). The van der Waals surface area contributed by atoms with Gasteiger partial charge in [0.1, 0.15) is 11.4 Å². The average molecular weight is 458 g/mol. The van der Waals surface area contributed by atoms with Gasteiger partial charge in [0, 0.05) is 43.8 Å². The van der Waals surface area contributed by atoms with Gasteiger partial charge in [0.05, 0.1) is 11.2 Å². The van der Waals surface area contributed by atoms with Crippen LogP contribution < -0.4 is 10.3 Å². The van der Waals surface area contributed by atoms with Crippen LogP contribution in [0.25, 0.3) is 10.9 Å². The summed E-state index contributed by atoms with van der Waals surface area (Å²) in [6, 6.07) is 3.17. The number of aromatic nitrogens is 1. The van der Waals surface area contributed by atoms with E-state index >= 15 is 4.39 Å². The summed E-state index contributed by atoms with van der Waals surface area (Å²) in [6.45, 7) is 11.2. The zero-order valence-corrected chi connectivity index (χ0v) is 20.1. The number of carboxylic acids is 1. The second-order valence-corrected chi connectivity index (χ2v) is 10.1. The van der Waals surface area contributed by atoms with Crippen LogP contribution in [0.5, 0.6) is 0 Å². The third kappa shape index (κ3) is 4.93. The second-order valence-electron chi connectivity index (χ2n) is 10.1. The van der Waals surface area contributed by atoms with E-state index < -0.39 is 17.2 Å². The molecule has 0 amide bonds. The van der Waals surface area contributed by atoms with Gasteiger partial charge in [-0.3, -0.25) is 9.69 Å². The van der Waals surface area contributed by atoms with Gasteiger partial charge < -0.3 is 14.6 Å². The number of rotatable bonds is 9. The van der Waals surface area contributed by atoms with E-state index in [4.69, 9.17) is 0 Å². The van der Waals surface area contributed by atoms with Crippen molar-refractivity contribution in [3.8, 4) is 0 Å². The van der Waals surface area contributed by atoms with Crippen molar-refractivity contribution < 1.29 is 14.3 Å². The zero-order chi connectivity index (χ0) is 23.8. The Morgan fingerprint density at radius 1 is 1.15 bits per heavy atom. The van der Waals surface area contributed by atoms with Crippen LogP contribution in [0, 0.1) is 11.2 Å². The van der Waals surface area contributed by atoms with Crippen molar-refractivity contribution in [2.75, 3.05) is 37.6 Å². The molecule has 4 rings (SSSR count). The van der Waals surface area contributed by atoms with Crippen LogP contribution in [-0.2, 0) is 0 Å². The number of halogens is 1. The fourth-order valence-corrected chi connectivity index (χ4v) is 4.95. The van der Waals surface area contributed by atoms with E-state index in [1.54, 1.807) is 6.07 Å². The maximum absolute atomic E-state index is 15.1. The number of nitrogens with zero attached hydrogens (tertiary/aromatic N) is 3. The largest absolute Gasteiger partial charge is 0.477 e. The Morgan fingerprint density at radius 2 is 1.82 bits per heavy atom. The summed E-state index contributed by atoms with van der Waals surface area (Å²) < 4.78 is 17.0. The molecular weight excluding hydrogens is 421 g/mol. The van der Waals surface area contributed by atoms with Crippen LogP contribution in [-0.4, -0.2) is 53.3 Å². The third-order valence-corrected chi connectivity index (χ3v) is 7.95. The molecular formula is C26H36FN3O3. The van der Waals surface area contributed by atoms with E-state index in [0.717, 1.165) is 45.6 Å². The highest BCUT2D eigenvalue weighted by Gasteiger charge is 2.28. The van der Waals surface area contributed by atoms with Crippen molar-refractivity contribution in [1.29, 1.82) is 0 Å². The predicted octanol–water partition coefficient (Wildman–Crippen LogP) is 4.90. The number of piperazine rings is 1. The van der Waals surface area contributed by atoms with E-state index in [0.29, 0.717) is 16.6 Å². The highest BCUT2D eigenvalue weighted by atomic mass is 19.1. The molecule has 1 saturated heterocycles. The minimum atomic E-state index is -1.27. The lowest BCUT2D eigenvalue weighted by Gasteiger charge is -2.37. The third-order valence-electron chi connectivity index (χ3n) is 7.95. The van der Waals surface area contributed by atoms with E-state index in [-0.39, 0.29) is 17.0 Å². The molecule has 6 nitrogen and oxygen atoms in total. The van der Waals surface area contributed by atoms with E-state index in [9.17, 15) is 14.7 Å². The molecule has 1 aromatic carbocycles. The van der Waals surface area contributed by atoms with Gasteiger partial charge in [-0.25, -0.2) is 9.18 Å². The molecule has 180 valence electrons. The Kier molecular flexibility index (Phi) is 6.80. The SMILES string of the molecule is CCC(C)(CC)CCCN1CCN(c2cc3c(cc2F)c(=O)c(C(=O)O)cn3C2CC2)CC1. The Hall–Kier alpha value is -2.41. The van der Waals surface area contributed by atoms with Crippen LogP contribution in [0.3, 0.4) is 0 Å². The van der Waals surface area contributed by atoms with Gasteiger partial charge in [0.25, 0.3) is 0 Å². The minimum absolute atomic E-state index is 0.150. The molecule has 1 aromatic heterocycles. The summed E-state index contributed by atoms with van der Waals surface area (Å²) >= 11 is 0. The van der Waals surface area contributed by atoms with Gasteiger partial charge in [-0.2, -0.15) is 0 Å². The average Bonchev–Trinajstić information content (AvgIpc) is 3.65. The fraction of sp³-hybridized carbons (Fsp3) is 0.615. The first-order valence-electron chi connectivity index (χ1n) is 12.4. The molecule has 1 saturated carbocycles. The first-order chi connectivity index (χ1) is 15.8. The number of benzene rings is 1. The van der Waals surface area contributed by atoms with Crippen molar-refractivity contribution in [2.24, 2.45) is 5.41 Å². The van der Waals surface area contributed by atoms with Gasteiger partial charge in [-0.05, 0) is 49.8 Å². The summed E-state index contributed by atoms with van der Waals surface area (Å²) in [6.07, 6.45) is 8.15. The smallest absolute Gasteiger partial charge is 0.341 e. The monoisotopic (exact) mass is 457 g/mol. The number of hydrogen-bond donors (Lipinski definition) is 1. The highest BCUT2D eigenvalue weighted by Crippen LogP contribution is 2.38. The molecule has 0 unspecified atom stereocenters. The Balaban J connectivity index is 1.50. The Labute approximate surface area is 195 Å². The number of carbonyl (C=O) groups is 1. The normalized spacial score (nSPS) is 17.6.